The lowest BCUT2D eigenvalue weighted by molar-refractivity contribution is 0.290. The van der Waals surface area contributed by atoms with E-state index < -0.39 is 0 Å². The van der Waals surface area contributed by atoms with Crippen LogP contribution in [0.4, 0.5) is 0 Å². The Labute approximate surface area is 88.9 Å². The van der Waals surface area contributed by atoms with E-state index in [1.807, 2.05) is 0 Å². The second-order valence-electron chi connectivity index (χ2n) is 3.88. The molecule has 1 aromatic heterocycles. The second-order valence-corrected chi connectivity index (χ2v) is 3.88. The molecule has 84 valence electrons. The van der Waals surface area contributed by atoms with Gasteiger partial charge >= 0.3 is 0 Å². The van der Waals surface area contributed by atoms with Gasteiger partial charge < -0.3 is 14.9 Å². The molecule has 0 radical (unpaired) electrons. The molecular weight excluding hydrogens is 194 g/mol. The largest absolute Gasteiger partial charge is 0.396 e. The number of nitrogens with one attached hydrogen (secondary N) is 1. The van der Waals surface area contributed by atoms with Crippen molar-refractivity contribution in [2.45, 2.75) is 38.1 Å². The minimum atomic E-state index is 0.0665. The number of aliphatic hydroxyl groups excluding tert-OH is 1. The van der Waals surface area contributed by atoms with E-state index in [-0.39, 0.29) is 12.6 Å². The van der Waals surface area contributed by atoms with E-state index in [9.17, 15) is 0 Å². The van der Waals surface area contributed by atoms with Crippen molar-refractivity contribution >= 4 is 0 Å². The Morgan fingerprint density at radius 2 is 2.33 bits per heavy atom. The maximum Gasteiger partial charge on any atom is 0.243 e. The molecule has 2 N–H and O–H groups in total. The summed E-state index contributed by atoms with van der Waals surface area (Å²) < 4.78 is 5.18. The van der Waals surface area contributed by atoms with E-state index in [0.29, 0.717) is 18.1 Å². The van der Waals surface area contributed by atoms with Gasteiger partial charge in [0, 0.05) is 6.42 Å². The average molecular weight is 211 g/mol. The quantitative estimate of drug-likeness (QED) is 0.774. The normalized spacial score (nSPS) is 22.6. The van der Waals surface area contributed by atoms with Crippen LogP contribution in [-0.4, -0.2) is 28.4 Å². The molecule has 0 spiro atoms. The molecule has 0 bridgehead atoms. The predicted molar refractivity (Wildman–Crippen MR) is 54.3 cm³/mol. The molecule has 1 aliphatic rings. The molecule has 1 fully saturated rings. The number of hydrogen-bond donors (Lipinski definition) is 2. The van der Waals surface area contributed by atoms with E-state index in [2.05, 4.69) is 15.5 Å². The maximum atomic E-state index is 8.75. The molecule has 5 heteroatoms. The fourth-order valence-electron chi connectivity index (χ4n) is 1.85. The van der Waals surface area contributed by atoms with Crippen molar-refractivity contribution in [3.8, 4) is 0 Å². The standard InChI is InChI=1S/C10H17N3O2/c14-7-5-9-12-10(15-13-9)8-4-2-1-3-6-11-8/h8,11,14H,1-7H2. The SMILES string of the molecule is OCCc1noc(C2CCCCCN2)n1. The molecule has 1 aliphatic heterocycles. The van der Waals surface area contributed by atoms with Gasteiger partial charge in [-0.1, -0.05) is 18.0 Å². The molecule has 0 aromatic carbocycles. The number of aromatic nitrogens is 2. The predicted octanol–water partition coefficient (Wildman–Crippen LogP) is 0.809. The molecule has 0 amide bonds. The van der Waals surface area contributed by atoms with Gasteiger partial charge in [0.2, 0.25) is 5.89 Å². The van der Waals surface area contributed by atoms with Crippen LogP contribution >= 0.6 is 0 Å². The van der Waals surface area contributed by atoms with Gasteiger partial charge in [0.1, 0.15) is 0 Å². The zero-order valence-electron chi connectivity index (χ0n) is 8.78. The smallest absolute Gasteiger partial charge is 0.243 e. The van der Waals surface area contributed by atoms with Crippen LogP contribution in [0.1, 0.15) is 43.4 Å². The summed E-state index contributed by atoms with van der Waals surface area (Å²) in [6, 6.07) is 0.201. The van der Waals surface area contributed by atoms with Crippen LogP contribution in [0.25, 0.3) is 0 Å². The average Bonchev–Trinajstić information content (AvgIpc) is 2.53. The Morgan fingerprint density at radius 3 is 3.20 bits per heavy atom. The van der Waals surface area contributed by atoms with Crippen LogP contribution in [0, 0.1) is 0 Å². The van der Waals surface area contributed by atoms with Crippen LogP contribution in [0.15, 0.2) is 4.52 Å². The van der Waals surface area contributed by atoms with Gasteiger partial charge in [-0.05, 0) is 19.4 Å². The number of nitrogens with zero attached hydrogens (tertiary/aromatic N) is 2. The lowest BCUT2D eigenvalue weighted by Crippen LogP contribution is -2.20. The maximum absolute atomic E-state index is 8.75. The molecule has 1 unspecified atom stereocenters. The Morgan fingerprint density at radius 1 is 1.40 bits per heavy atom. The fourth-order valence-corrected chi connectivity index (χ4v) is 1.85. The first kappa shape index (κ1) is 10.6. The molecule has 1 atom stereocenters. The Hall–Kier alpha value is -0.940. The summed E-state index contributed by atoms with van der Waals surface area (Å²) >= 11 is 0. The van der Waals surface area contributed by atoms with E-state index in [0.717, 1.165) is 13.0 Å². The van der Waals surface area contributed by atoms with E-state index in [1.54, 1.807) is 0 Å². The Kier molecular flexibility index (Phi) is 3.69. The lowest BCUT2D eigenvalue weighted by atomic mass is 10.1. The Bertz CT molecular complexity index is 293. The molecule has 1 saturated heterocycles. The van der Waals surface area contributed by atoms with Gasteiger partial charge in [0.15, 0.2) is 5.82 Å². The summed E-state index contributed by atoms with van der Waals surface area (Å²) in [4.78, 5) is 4.27. The molecule has 2 heterocycles. The highest BCUT2D eigenvalue weighted by atomic mass is 16.5. The van der Waals surface area contributed by atoms with Gasteiger partial charge in [-0.2, -0.15) is 4.98 Å². The summed E-state index contributed by atoms with van der Waals surface area (Å²) in [5, 5.41) is 16.0. The minimum absolute atomic E-state index is 0.0665. The third kappa shape index (κ3) is 2.76. The zero-order valence-corrected chi connectivity index (χ0v) is 8.78. The minimum Gasteiger partial charge on any atom is -0.396 e. The molecule has 5 nitrogen and oxygen atoms in total. The summed E-state index contributed by atoms with van der Waals surface area (Å²) in [6.07, 6.45) is 5.21. The Balaban J connectivity index is 2.00. The lowest BCUT2D eigenvalue weighted by Gasteiger charge is -2.09. The van der Waals surface area contributed by atoms with E-state index in [4.69, 9.17) is 9.63 Å². The van der Waals surface area contributed by atoms with Crippen molar-refractivity contribution in [2.24, 2.45) is 0 Å². The van der Waals surface area contributed by atoms with Gasteiger partial charge in [-0.3, -0.25) is 0 Å². The van der Waals surface area contributed by atoms with Crippen LogP contribution in [-0.2, 0) is 6.42 Å². The molecule has 0 saturated carbocycles. The van der Waals surface area contributed by atoms with Crippen molar-refractivity contribution < 1.29 is 9.63 Å². The summed E-state index contributed by atoms with van der Waals surface area (Å²) in [6.45, 7) is 1.08. The van der Waals surface area contributed by atoms with Crippen LogP contribution < -0.4 is 5.32 Å². The molecule has 2 rings (SSSR count). The first-order chi connectivity index (χ1) is 7.40. The molecule has 15 heavy (non-hydrogen) atoms. The highest BCUT2D eigenvalue weighted by Gasteiger charge is 2.19. The first-order valence-corrected chi connectivity index (χ1v) is 5.57. The first-order valence-electron chi connectivity index (χ1n) is 5.57. The van der Waals surface area contributed by atoms with Crippen molar-refractivity contribution in [2.75, 3.05) is 13.2 Å². The highest BCUT2D eigenvalue weighted by molar-refractivity contribution is 4.93. The topological polar surface area (TPSA) is 71.2 Å². The third-order valence-electron chi connectivity index (χ3n) is 2.68. The summed E-state index contributed by atoms with van der Waals surface area (Å²) in [5.74, 6) is 1.26. The van der Waals surface area contributed by atoms with Crippen molar-refractivity contribution in [3.05, 3.63) is 11.7 Å². The molecular formula is C10H17N3O2. The summed E-state index contributed by atoms with van der Waals surface area (Å²) in [7, 11) is 0. The number of hydrogen-bond acceptors (Lipinski definition) is 5. The van der Waals surface area contributed by atoms with Gasteiger partial charge in [-0.15, -0.1) is 0 Å². The van der Waals surface area contributed by atoms with Crippen LogP contribution in [0.2, 0.25) is 0 Å². The number of aliphatic hydroxyl groups is 1. The highest BCUT2D eigenvalue weighted by Crippen LogP contribution is 2.20. The monoisotopic (exact) mass is 211 g/mol. The summed E-state index contributed by atoms with van der Waals surface area (Å²) in [5.41, 5.74) is 0. The van der Waals surface area contributed by atoms with E-state index in [1.165, 1.54) is 19.3 Å². The fraction of sp³-hybridized carbons (Fsp3) is 0.800. The molecule has 0 aliphatic carbocycles. The van der Waals surface area contributed by atoms with Crippen molar-refractivity contribution in [3.63, 3.8) is 0 Å². The van der Waals surface area contributed by atoms with Crippen LogP contribution in [0.5, 0.6) is 0 Å². The van der Waals surface area contributed by atoms with Gasteiger partial charge in [0.25, 0.3) is 0 Å². The van der Waals surface area contributed by atoms with Crippen molar-refractivity contribution in [1.29, 1.82) is 0 Å². The number of rotatable bonds is 3. The molecule has 1 aromatic rings. The van der Waals surface area contributed by atoms with Crippen molar-refractivity contribution in [1.82, 2.24) is 15.5 Å². The van der Waals surface area contributed by atoms with Gasteiger partial charge in [0.05, 0.1) is 12.6 Å². The third-order valence-corrected chi connectivity index (χ3v) is 2.68. The second kappa shape index (κ2) is 5.23. The zero-order chi connectivity index (χ0) is 10.5. The van der Waals surface area contributed by atoms with E-state index >= 15 is 0 Å². The van der Waals surface area contributed by atoms with Crippen LogP contribution in [0.3, 0.4) is 0 Å². The van der Waals surface area contributed by atoms with Gasteiger partial charge in [-0.25, -0.2) is 0 Å².